The maximum absolute atomic E-state index is 12.0. The summed E-state index contributed by atoms with van der Waals surface area (Å²) in [6.45, 7) is 3.82. The van der Waals surface area contributed by atoms with Crippen molar-refractivity contribution in [3.8, 4) is 5.75 Å². The molecule has 0 saturated carbocycles. The Labute approximate surface area is 124 Å². The molecule has 2 rings (SSSR count). The molecule has 0 radical (unpaired) electrons. The molecule has 4 nitrogen and oxygen atoms in total. The van der Waals surface area contributed by atoms with Crippen LogP contribution in [0.4, 0.5) is 0 Å². The van der Waals surface area contributed by atoms with Crippen LogP contribution in [0.3, 0.4) is 0 Å². The van der Waals surface area contributed by atoms with Crippen molar-refractivity contribution in [3.05, 3.63) is 65.2 Å². The highest BCUT2D eigenvalue weighted by molar-refractivity contribution is 6.00. The molecule has 0 unspecified atom stereocenters. The summed E-state index contributed by atoms with van der Waals surface area (Å²) in [4.78, 5) is 12.0. The van der Waals surface area contributed by atoms with Gasteiger partial charge < -0.3 is 4.74 Å². The monoisotopic (exact) mass is 282 g/mol. The fourth-order valence-corrected chi connectivity index (χ4v) is 1.80. The van der Waals surface area contributed by atoms with Crippen molar-refractivity contribution in [2.24, 2.45) is 5.10 Å². The molecule has 0 heterocycles. The highest BCUT2D eigenvalue weighted by Gasteiger charge is 2.04. The minimum absolute atomic E-state index is 0.220. The summed E-state index contributed by atoms with van der Waals surface area (Å²) >= 11 is 0. The molecule has 0 fully saturated rings. The van der Waals surface area contributed by atoms with E-state index in [0.29, 0.717) is 5.56 Å². The van der Waals surface area contributed by atoms with Crippen LogP contribution in [0.5, 0.6) is 5.75 Å². The van der Waals surface area contributed by atoms with Crippen LogP contribution in [-0.2, 0) is 0 Å². The number of benzene rings is 2. The smallest absolute Gasteiger partial charge is 0.271 e. The number of nitrogens with zero attached hydrogens (tertiary/aromatic N) is 1. The van der Waals surface area contributed by atoms with Crippen LogP contribution in [0.25, 0.3) is 0 Å². The number of hydrogen-bond donors (Lipinski definition) is 1. The molecule has 2 aromatic carbocycles. The molecular weight excluding hydrogens is 264 g/mol. The molecule has 0 aliphatic rings. The Bertz CT molecular complexity index is 643. The Kier molecular flexibility index (Phi) is 4.72. The first kappa shape index (κ1) is 14.8. The summed E-state index contributed by atoms with van der Waals surface area (Å²) in [5.74, 6) is 0.568. The molecule has 0 aliphatic heterocycles. The number of ether oxygens (including phenoxy) is 1. The van der Waals surface area contributed by atoms with E-state index in [0.717, 1.165) is 22.6 Å². The Hall–Kier alpha value is -2.62. The van der Waals surface area contributed by atoms with Crippen LogP contribution in [-0.4, -0.2) is 18.7 Å². The third kappa shape index (κ3) is 3.92. The van der Waals surface area contributed by atoms with Crippen molar-refractivity contribution < 1.29 is 9.53 Å². The minimum Gasteiger partial charge on any atom is -0.497 e. The number of hydrazone groups is 1. The van der Waals surface area contributed by atoms with Crippen LogP contribution in [0.2, 0.25) is 0 Å². The second-order valence-corrected chi connectivity index (χ2v) is 4.73. The molecule has 0 spiro atoms. The van der Waals surface area contributed by atoms with E-state index in [1.165, 1.54) is 0 Å². The van der Waals surface area contributed by atoms with Crippen molar-refractivity contribution in [1.82, 2.24) is 5.43 Å². The van der Waals surface area contributed by atoms with E-state index in [1.54, 1.807) is 19.2 Å². The molecule has 1 N–H and O–H groups in total. The van der Waals surface area contributed by atoms with E-state index in [-0.39, 0.29) is 5.91 Å². The first-order valence-corrected chi connectivity index (χ1v) is 6.66. The molecule has 2 aromatic rings. The second-order valence-electron chi connectivity index (χ2n) is 4.73. The number of nitrogens with one attached hydrogen (secondary N) is 1. The minimum atomic E-state index is -0.220. The normalized spacial score (nSPS) is 11.1. The van der Waals surface area contributed by atoms with E-state index < -0.39 is 0 Å². The fourth-order valence-electron chi connectivity index (χ4n) is 1.80. The van der Waals surface area contributed by atoms with Crippen molar-refractivity contribution >= 4 is 11.6 Å². The maximum Gasteiger partial charge on any atom is 0.271 e. The molecule has 108 valence electrons. The quantitative estimate of drug-likeness (QED) is 0.691. The first-order chi connectivity index (χ1) is 10.1. The predicted molar refractivity (Wildman–Crippen MR) is 83.9 cm³/mol. The van der Waals surface area contributed by atoms with Crippen molar-refractivity contribution in [2.75, 3.05) is 7.11 Å². The average Bonchev–Trinajstić information content (AvgIpc) is 2.53. The fraction of sp³-hybridized carbons (Fsp3) is 0.176. The van der Waals surface area contributed by atoms with E-state index >= 15 is 0 Å². The van der Waals surface area contributed by atoms with E-state index in [9.17, 15) is 4.79 Å². The standard InChI is InChI=1S/C17H18N2O2/c1-12-4-6-15(7-5-12)17(20)19-18-13(2)14-8-10-16(21-3)11-9-14/h4-11H,1-3H3,(H,19,20)/b18-13-. The van der Waals surface area contributed by atoms with Crippen LogP contribution in [0.1, 0.15) is 28.4 Å². The summed E-state index contributed by atoms with van der Waals surface area (Å²) in [6.07, 6.45) is 0. The summed E-state index contributed by atoms with van der Waals surface area (Å²) in [6, 6.07) is 14.9. The third-order valence-corrected chi connectivity index (χ3v) is 3.15. The Morgan fingerprint density at radius 1 is 1.00 bits per heavy atom. The maximum atomic E-state index is 12.0. The second kappa shape index (κ2) is 6.70. The molecule has 4 heteroatoms. The number of carbonyl (C=O) groups is 1. The molecule has 0 aliphatic carbocycles. The molecule has 0 bridgehead atoms. The van der Waals surface area contributed by atoms with E-state index in [1.807, 2.05) is 50.2 Å². The van der Waals surface area contributed by atoms with Gasteiger partial charge in [-0.25, -0.2) is 5.43 Å². The van der Waals surface area contributed by atoms with Gasteiger partial charge in [-0.1, -0.05) is 17.7 Å². The average molecular weight is 282 g/mol. The van der Waals surface area contributed by atoms with Gasteiger partial charge in [0, 0.05) is 5.56 Å². The van der Waals surface area contributed by atoms with Crippen molar-refractivity contribution in [1.29, 1.82) is 0 Å². The van der Waals surface area contributed by atoms with Gasteiger partial charge in [-0.05, 0) is 55.8 Å². The Morgan fingerprint density at radius 3 is 2.14 bits per heavy atom. The van der Waals surface area contributed by atoms with Gasteiger partial charge in [-0.2, -0.15) is 5.10 Å². The van der Waals surface area contributed by atoms with Gasteiger partial charge >= 0.3 is 0 Å². The van der Waals surface area contributed by atoms with Crippen molar-refractivity contribution in [3.63, 3.8) is 0 Å². The lowest BCUT2D eigenvalue weighted by atomic mass is 10.1. The number of carbonyl (C=O) groups excluding carboxylic acids is 1. The first-order valence-electron chi connectivity index (χ1n) is 6.66. The van der Waals surface area contributed by atoms with Gasteiger partial charge in [-0.15, -0.1) is 0 Å². The Balaban J connectivity index is 2.05. The van der Waals surface area contributed by atoms with Gasteiger partial charge in [0.1, 0.15) is 5.75 Å². The van der Waals surface area contributed by atoms with Crippen LogP contribution in [0, 0.1) is 6.92 Å². The van der Waals surface area contributed by atoms with Gasteiger partial charge in [0.05, 0.1) is 12.8 Å². The summed E-state index contributed by atoms with van der Waals surface area (Å²) in [5, 5.41) is 4.12. The third-order valence-electron chi connectivity index (χ3n) is 3.15. The highest BCUT2D eigenvalue weighted by Crippen LogP contribution is 2.11. The number of amides is 1. The van der Waals surface area contributed by atoms with Gasteiger partial charge in [-0.3, -0.25) is 4.79 Å². The van der Waals surface area contributed by atoms with Crippen LogP contribution < -0.4 is 10.2 Å². The molecule has 21 heavy (non-hydrogen) atoms. The van der Waals surface area contributed by atoms with Gasteiger partial charge in [0.25, 0.3) is 5.91 Å². The number of aryl methyl sites for hydroxylation is 1. The molecule has 0 aromatic heterocycles. The lowest BCUT2D eigenvalue weighted by Gasteiger charge is -2.04. The zero-order chi connectivity index (χ0) is 15.2. The number of rotatable bonds is 4. The molecule has 0 atom stereocenters. The van der Waals surface area contributed by atoms with Crippen LogP contribution in [0.15, 0.2) is 53.6 Å². The number of methoxy groups -OCH3 is 1. The van der Waals surface area contributed by atoms with Crippen molar-refractivity contribution in [2.45, 2.75) is 13.8 Å². The summed E-state index contributed by atoms with van der Waals surface area (Å²) < 4.78 is 5.10. The summed E-state index contributed by atoms with van der Waals surface area (Å²) in [7, 11) is 1.62. The zero-order valence-corrected chi connectivity index (χ0v) is 12.4. The predicted octanol–water partition coefficient (Wildman–Crippen LogP) is 3.16. The molecular formula is C17H18N2O2. The molecule has 0 saturated heterocycles. The van der Waals surface area contributed by atoms with E-state index in [2.05, 4.69) is 10.5 Å². The lowest BCUT2D eigenvalue weighted by Crippen LogP contribution is -2.19. The van der Waals surface area contributed by atoms with E-state index in [4.69, 9.17) is 4.74 Å². The largest absolute Gasteiger partial charge is 0.497 e. The lowest BCUT2D eigenvalue weighted by molar-refractivity contribution is 0.0955. The Morgan fingerprint density at radius 2 is 1.57 bits per heavy atom. The summed E-state index contributed by atoms with van der Waals surface area (Å²) in [5.41, 5.74) is 5.93. The highest BCUT2D eigenvalue weighted by atomic mass is 16.5. The zero-order valence-electron chi connectivity index (χ0n) is 12.4. The number of hydrogen-bond acceptors (Lipinski definition) is 3. The van der Waals surface area contributed by atoms with Gasteiger partial charge in [0.2, 0.25) is 0 Å². The van der Waals surface area contributed by atoms with Crippen LogP contribution >= 0.6 is 0 Å². The van der Waals surface area contributed by atoms with Gasteiger partial charge in [0.15, 0.2) is 0 Å². The topological polar surface area (TPSA) is 50.7 Å². The SMILES string of the molecule is COc1ccc(/C(C)=N\NC(=O)c2ccc(C)cc2)cc1. The molecule has 1 amide bonds.